The van der Waals surface area contributed by atoms with Crippen LogP contribution in [0.3, 0.4) is 0 Å². The number of nitrogens with two attached hydrogens (primary N) is 1. The number of aryl methyl sites for hydroxylation is 1. The summed E-state index contributed by atoms with van der Waals surface area (Å²) in [6.45, 7) is 1.49. The van der Waals surface area contributed by atoms with E-state index in [1.54, 1.807) is 11.3 Å². The second kappa shape index (κ2) is 7.41. The summed E-state index contributed by atoms with van der Waals surface area (Å²) in [5, 5.41) is 0. The number of hydrogen-bond acceptors (Lipinski definition) is 3. The van der Waals surface area contributed by atoms with Crippen LogP contribution in [-0.2, 0) is 11.2 Å². The molecule has 0 bridgehead atoms. The summed E-state index contributed by atoms with van der Waals surface area (Å²) in [5.41, 5.74) is 5.76. The Balaban J connectivity index is 1.77. The van der Waals surface area contributed by atoms with Crippen LogP contribution < -0.4 is 5.73 Å². The number of piperidine rings is 1. The van der Waals surface area contributed by atoms with Crippen LogP contribution in [0.1, 0.15) is 37.0 Å². The van der Waals surface area contributed by atoms with Gasteiger partial charge in [-0.25, -0.2) is 0 Å². The van der Waals surface area contributed by atoms with Gasteiger partial charge in [0.2, 0.25) is 5.91 Å². The van der Waals surface area contributed by atoms with Crippen molar-refractivity contribution in [3.8, 4) is 0 Å². The Morgan fingerprint density at radius 1 is 1.47 bits per heavy atom. The molecule has 0 radical (unpaired) electrons. The average Bonchev–Trinajstić information content (AvgIpc) is 2.84. The number of likely N-dealkylation sites (tertiary alicyclic amines) is 1. The van der Waals surface area contributed by atoms with Crippen molar-refractivity contribution in [2.45, 2.75) is 44.6 Å². The van der Waals surface area contributed by atoms with Gasteiger partial charge in [-0.1, -0.05) is 0 Å². The van der Waals surface area contributed by atoms with Gasteiger partial charge in [0.05, 0.1) is 3.79 Å². The summed E-state index contributed by atoms with van der Waals surface area (Å²) >= 11 is 5.21. The van der Waals surface area contributed by atoms with Gasteiger partial charge in [0.1, 0.15) is 0 Å². The van der Waals surface area contributed by atoms with Crippen molar-refractivity contribution in [2.24, 2.45) is 5.73 Å². The molecule has 1 atom stereocenters. The zero-order valence-electron chi connectivity index (χ0n) is 11.1. The molecule has 2 N–H and O–H groups in total. The highest BCUT2D eigenvalue weighted by Gasteiger charge is 2.24. The number of rotatable bonds is 5. The number of carbonyl (C=O) groups is 1. The molecule has 1 aliphatic rings. The number of thiophene rings is 1. The van der Waals surface area contributed by atoms with Gasteiger partial charge in [-0.15, -0.1) is 11.3 Å². The molecule has 106 valence electrons. The Hall–Kier alpha value is -0.390. The Bertz CT molecular complexity index is 421. The lowest BCUT2D eigenvalue weighted by atomic mass is 10.0. The number of carbonyl (C=O) groups excluding carboxylic acids is 1. The minimum absolute atomic E-state index is 0.275. The fourth-order valence-electron chi connectivity index (χ4n) is 2.62. The molecule has 1 fully saturated rings. The van der Waals surface area contributed by atoms with E-state index < -0.39 is 0 Å². The van der Waals surface area contributed by atoms with E-state index >= 15 is 0 Å². The van der Waals surface area contributed by atoms with Crippen molar-refractivity contribution < 1.29 is 4.79 Å². The Morgan fingerprint density at radius 3 is 3.00 bits per heavy atom. The summed E-state index contributed by atoms with van der Waals surface area (Å²) in [6, 6.07) is 4.47. The van der Waals surface area contributed by atoms with Crippen LogP contribution in [0, 0.1) is 0 Å². The topological polar surface area (TPSA) is 46.3 Å². The second-order valence-electron chi connectivity index (χ2n) is 5.03. The molecule has 2 heterocycles. The summed E-state index contributed by atoms with van der Waals surface area (Å²) in [5.74, 6) is 0.283. The van der Waals surface area contributed by atoms with Crippen LogP contribution in [0.25, 0.3) is 0 Å². The number of amides is 1. The molecule has 1 amide bonds. The van der Waals surface area contributed by atoms with Crippen LogP contribution in [-0.4, -0.2) is 29.9 Å². The van der Waals surface area contributed by atoms with Crippen LogP contribution >= 0.6 is 27.3 Å². The minimum atomic E-state index is 0.275. The molecule has 1 aromatic rings. The normalized spacial score (nSPS) is 19.7. The molecule has 0 saturated carbocycles. The van der Waals surface area contributed by atoms with Crippen molar-refractivity contribution in [1.82, 2.24) is 4.90 Å². The molecule has 1 unspecified atom stereocenters. The van der Waals surface area contributed by atoms with Crippen LogP contribution in [0.4, 0.5) is 0 Å². The molecule has 0 aromatic carbocycles. The van der Waals surface area contributed by atoms with E-state index in [1.165, 1.54) is 11.3 Å². The highest BCUT2D eigenvalue weighted by molar-refractivity contribution is 9.11. The predicted octanol–water partition coefficient (Wildman–Crippen LogP) is 3.17. The van der Waals surface area contributed by atoms with Gasteiger partial charge in [0.25, 0.3) is 0 Å². The molecule has 1 saturated heterocycles. The van der Waals surface area contributed by atoms with Gasteiger partial charge in [-0.2, -0.15) is 0 Å². The predicted molar refractivity (Wildman–Crippen MR) is 83.4 cm³/mol. The highest BCUT2D eigenvalue weighted by Crippen LogP contribution is 2.24. The highest BCUT2D eigenvalue weighted by atomic mass is 79.9. The van der Waals surface area contributed by atoms with Crippen LogP contribution in [0.2, 0.25) is 0 Å². The van der Waals surface area contributed by atoms with E-state index in [4.69, 9.17) is 5.73 Å². The quantitative estimate of drug-likeness (QED) is 0.891. The molecule has 0 aliphatic carbocycles. The lowest BCUT2D eigenvalue weighted by Gasteiger charge is -2.35. The van der Waals surface area contributed by atoms with Crippen molar-refractivity contribution in [2.75, 3.05) is 13.1 Å². The van der Waals surface area contributed by atoms with Gasteiger partial charge in [0, 0.05) is 30.4 Å². The Labute approximate surface area is 127 Å². The Morgan fingerprint density at radius 2 is 2.32 bits per heavy atom. The zero-order valence-corrected chi connectivity index (χ0v) is 13.5. The van der Waals surface area contributed by atoms with E-state index in [1.807, 2.05) is 4.90 Å². The first-order chi connectivity index (χ1) is 9.20. The first-order valence-electron chi connectivity index (χ1n) is 6.94. The summed E-state index contributed by atoms with van der Waals surface area (Å²) < 4.78 is 1.16. The summed E-state index contributed by atoms with van der Waals surface area (Å²) in [4.78, 5) is 15.6. The third-order valence-corrected chi connectivity index (χ3v) is 5.35. The van der Waals surface area contributed by atoms with Crippen molar-refractivity contribution >= 4 is 33.2 Å². The SMILES string of the molecule is NCC1CCCCN1C(=O)CCCc1ccc(Br)s1. The zero-order chi connectivity index (χ0) is 13.7. The Kier molecular flexibility index (Phi) is 5.85. The van der Waals surface area contributed by atoms with E-state index in [0.29, 0.717) is 13.0 Å². The standard InChI is InChI=1S/C14H21BrN2OS/c15-13-8-7-12(19-13)5-3-6-14(18)17-9-2-1-4-11(17)10-16/h7-8,11H,1-6,9-10,16H2. The van der Waals surface area contributed by atoms with E-state index in [2.05, 4.69) is 28.1 Å². The fraction of sp³-hybridized carbons (Fsp3) is 0.643. The van der Waals surface area contributed by atoms with Gasteiger partial charge < -0.3 is 10.6 Å². The third kappa shape index (κ3) is 4.29. The molecule has 1 aliphatic heterocycles. The third-order valence-electron chi connectivity index (χ3n) is 3.66. The monoisotopic (exact) mass is 344 g/mol. The molecule has 5 heteroatoms. The van der Waals surface area contributed by atoms with Gasteiger partial charge in [0.15, 0.2) is 0 Å². The maximum atomic E-state index is 12.2. The smallest absolute Gasteiger partial charge is 0.222 e. The fourth-order valence-corrected chi connectivity index (χ4v) is 4.14. The van der Waals surface area contributed by atoms with Crippen LogP contribution in [0.15, 0.2) is 15.9 Å². The molecule has 19 heavy (non-hydrogen) atoms. The number of halogens is 1. The summed E-state index contributed by atoms with van der Waals surface area (Å²) in [6.07, 6.45) is 5.96. The van der Waals surface area contributed by atoms with E-state index in [0.717, 1.165) is 36.0 Å². The van der Waals surface area contributed by atoms with Gasteiger partial charge >= 0.3 is 0 Å². The van der Waals surface area contributed by atoms with E-state index in [9.17, 15) is 4.79 Å². The van der Waals surface area contributed by atoms with Crippen molar-refractivity contribution in [3.05, 3.63) is 20.8 Å². The maximum Gasteiger partial charge on any atom is 0.222 e. The lowest BCUT2D eigenvalue weighted by molar-refractivity contribution is -0.134. The maximum absolute atomic E-state index is 12.2. The summed E-state index contributed by atoms with van der Waals surface area (Å²) in [7, 11) is 0. The first-order valence-corrected chi connectivity index (χ1v) is 8.55. The lowest BCUT2D eigenvalue weighted by Crippen LogP contribution is -2.47. The first kappa shape index (κ1) is 15.0. The largest absolute Gasteiger partial charge is 0.338 e. The molecular weight excluding hydrogens is 324 g/mol. The average molecular weight is 345 g/mol. The number of hydrogen-bond donors (Lipinski definition) is 1. The van der Waals surface area contributed by atoms with Gasteiger partial charge in [-0.05, 0) is 60.2 Å². The molecule has 2 rings (SSSR count). The van der Waals surface area contributed by atoms with Crippen molar-refractivity contribution in [1.29, 1.82) is 0 Å². The molecule has 1 aromatic heterocycles. The molecule has 3 nitrogen and oxygen atoms in total. The van der Waals surface area contributed by atoms with E-state index in [-0.39, 0.29) is 11.9 Å². The van der Waals surface area contributed by atoms with Gasteiger partial charge in [-0.3, -0.25) is 4.79 Å². The van der Waals surface area contributed by atoms with Crippen molar-refractivity contribution in [3.63, 3.8) is 0 Å². The molecular formula is C14H21BrN2OS. The van der Waals surface area contributed by atoms with Crippen LogP contribution in [0.5, 0.6) is 0 Å². The second-order valence-corrected chi connectivity index (χ2v) is 7.58. The number of nitrogens with zero attached hydrogens (tertiary/aromatic N) is 1. The minimum Gasteiger partial charge on any atom is -0.338 e. The molecule has 0 spiro atoms.